The minimum atomic E-state index is -1.02. The highest BCUT2D eigenvalue weighted by Gasteiger charge is 2.14. The maximum atomic E-state index is 10.9. The van der Waals surface area contributed by atoms with Crippen molar-refractivity contribution in [1.82, 2.24) is 0 Å². The standard InChI is InChI=1S/C11H13ClO3/c1-6(2)15-8-4-7(3)10(11(13)14)9(12)5-8/h4-6H,1-3H3,(H,13,14). The van der Waals surface area contributed by atoms with Gasteiger partial charge in [-0.3, -0.25) is 0 Å². The number of aryl methyl sites for hydroxylation is 1. The van der Waals surface area contributed by atoms with Gasteiger partial charge >= 0.3 is 5.97 Å². The fourth-order valence-electron chi connectivity index (χ4n) is 1.32. The van der Waals surface area contributed by atoms with E-state index in [1.54, 1.807) is 13.0 Å². The number of hydrogen-bond acceptors (Lipinski definition) is 2. The molecule has 0 aliphatic rings. The van der Waals surface area contributed by atoms with Crippen molar-refractivity contribution in [3.63, 3.8) is 0 Å². The summed E-state index contributed by atoms with van der Waals surface area (Å²) in [6.45, 7) is 5.49. The number of ether oxygens (including phenoxy) is 1. The quantitative estimate of drug-likeness (QED) is 0.865. The highest BCUT2D eigenvalue weighted by Crippen LogP contribution is 2.26. The summed E-state index contributed by atoms with van der Waals surface area (Å²) in [6, 6.07) is 3.20. The van der Waals surface area contributed by atoms with Gasteiger partial charge in [0.05, 0.1) is 16.7 Å². The number of hydrogen-bond donors (Lipinski definition) is 1. The maximum Gasteiger partial charge on any atom is 0.337 e. The topological polar surface area (TPSA) is 46.5 Å². The lowest BCUT2D eigenvalue weighted by Crippen LogP contribution is -2.07. The molecule has 0 bridgehead atoms. The summed E-state index contributed by atoms with van der Waals surface area (Å²) in [4.78, 5) is 10.9. The third-order valence-corrected chi connectivity index (χ3v) is 2.14. The Labute approximate surface area is 93.6 Å². The number of rotatable bonds is 3. The first-order chi connectivity index (χ1) is 6.91. The summed E-state index contributed by atoms with van der Waals surface area (Å²) in [7, 11) is 0. The van der Waals surface area contributed by atoms with E-state index >= 15 is 0 Å². The fourth-order valence-corrected chi connectivity index (χ4v) is 1.66. The summed E-state index contributed by atoms with van der Waals surface area (Å²) >= 11 is 5.85. The molecule has 0 heterocycles. The van der Waals surface area contributed by atoms with Crippen LogP contribution in [0, 0.1) is 6.92 Å². The van der Waals surface area contributed by atoms with Crippen LogP contribution in [0.25, 0.3) is 0 Å². The molecular formula is C11H13ClO3. The van der Waals surface area contributed by atoms with Crippen LogP contribution in [0.5, 0.6) is 5.75 Å². The van der Waals surface area contributed by atoms with Gasteiger partial charge in [-0.15, -0.1) is 0 Å². The molecule has 0 radical (unpaired) electrons. The first-order valence-electron chi connectivity index (χ1n) is 4.62. The second-order valence-corrected chi connectivity index (χ2v) is 3.98. The molecule has 0 unspecified atom stereocenters. The molecule has 0 fully saturated rings. The number of carbonyl (C=O) groups is 1. The third-order valence-electron chi connectivity index (χ3n) is 1.85. The van der Waals surface area contributed by atoms with Crippen LogP contribution in [0.2, 0.25) is 5.02 Å². The molecule has 0 aliphatic heterocycles. The van der Waals surface area contributed by atoms with E-state index < -0.39 is 5.97 Å². The van der Waals surface area contributed by atoms with Crippen molar-refractivity contribution in [2.24, 2.45) is 0 Å². The van der Waals surface area contributed by atoms with Gasteiger partial charge in [0.25, 0.3) is 0 Å². The van der Waals surface area contributed by atoms with Gasteiger partial charge in [-0.1, -0.05) is 11.6 Å². The Morgan fingerprint density at radius 2 is 2.07 bits per heavy atom. The Balaban J connectivity index is 3.14. The molecule has 0 spiro atoms. The van der Waals surface area contributed by atoms with Crippen LogP contribution < -0.4 is 4.74 Å². The van der Waals surface area contributed by atoms with Crippen LogP contribution >= 0.6 is 11.6 Å². The minimum Gasteiger partial charge on any atom is -0.491 e. The molecule has 0 saturated carbocycles. The van der Waals surface area contributed by atoms with Gasteiger partial charge in [0.15, 0.2) is 0 Å². The summed E-state index contributed by atoms with van der Waals surface area (Å²) in [6.07, 6.45) is 0.0381. The van der Waals surface area contributed by atoms with Crippen LogP contribution in [0.3, 0.4) is 0 Å². The summed E-state index contributed by atoms with van der Waals surface area (Å²) in [5, 5.41) is 9.10. The van der Waals surface area contributed by atoms with Gasteiger partial charge in [0, 0.05) is 0 Å². The van der Waals surface area contributed by atoms with E-state index in [-0.39, 0.29) is 16.7 Å². The molecule has 0 aromatic heterocycles. The van der Waals surface area contributed by atoms with Gasteiger partial charge in [0.2, 0.25) is 0 Å². The van der Waals surface area contributed by atoms with Crippen molar-refractivity contribution in [2.75, 3.05) is 0 Å². The molecule has 4 heteroatoms. The Kier molecular flexibility index (Phi) is 3.58. The third kappa shape index (κ3) is 2.86. The lowest BCUT2D eigenvalue weighted by atomic mass is 10.1. The maximum absolute atomic E-state index is 10.9. The summed E-state index contributed by atoms with van der Waals surface area (Å²) in [5.41, 5.74) is 0.735. The van der Waals surface area contributed by atoms with Crippen molar-refractivity contribution in [3.05, 3.63) is 28.3 Å². The molecule has 1 N–H and O–H groups in total. The van der Waals surface area contributed by atoms with Crippen LogP contribution in [-0.4, -0.2) is 17.2 Å². The first kappa shape index (κ1) is 11.9. The number of carboxylic acids is 1. The fraction of sp³-hybridized carbons (Fsp3) is 0.364. The predicted molar refractivity (Wildman–Crippen MR) is 58.9 cm³/mol. The van der Waals surface area contributed by atoms with E-state index in [1.165, 1.54) is 6.07 Å². The van der Waals surface area contributed by atoms with Crippen LogP contribution in [0.15, 0.2) is 12.1 Å². The monoisotopic (exact) mass is 228 g/mol. The van der Waals surface area contributed by atoms with Crippen molar-refractivity contribution in [2.45, 2.75) is 26.9 Å². The van der Waals surface area contributed by atoms with Crippen LogP contribution in [0.1, 0.15) is 29.8 Å². The molecule has 0 aliphatic carbocycles. The molecule has 0 amide bonds. The number of halogens is 1. The first-order valence-corrected chi connectivity index (χ1v) is 4.99. The van der Waals surface area contributed by atoms with E-state index in [4.69, 9.17) is 21.4 Å². The van der Waals surface area contributed by atoms with Gasteiger partial charge < -0.3 is 9.84 Å². The molecule has 0 saturated heterocycles. The van der Waals surface area contributed by atoms with Crippen LogP contribution in [0.4, 0.5) is 0 Å². The molecule has 82 valence electrons. The zero-order valence-electron chi connectivity index (χ0n) is 8.87. The molecule has 1 aromatic rings. The van der Waals surface area contributed by atoms with Gasteiger partial charge in [-0.2, -0.15) is 0 Å². The Morgan fingerprint density at radius 3 is 2.47 bits per heavy atom. The van der Waals surface area contributed by atoms with E-state index in [0.717, 1.165) is 0 Å². The smallest absolute Gasteiger partial charge is 0.337 e. The van der Waals surface area contributed by atoms with Crippen molar-refractivity contribution in [1.29, 1.82) is 0 Å². The second kappa shape index (κ2) is 4.53. The average molecular weight is 229 g/mol. The van der Waals surface area contributed by atoms with E-state index in [0.29, 0.717) is 11.3 Å². The minimum absolute atomic E-state index is 0.0381. The van der Waals surface area contributed by atoms with Crippen LogP contribution in [-0.2, 0) is 0 Å². The zero-order valence-corrected chi connectivity index (χ0v) is 9.63. The molecule has 15 heavy (non-hydrogen) atoms. The molecular weight excluding hydrogens is 216 g/mol. The summed E-state index contributed by atoms with van der Waals surface area (Å²) < 4.78 is 5.43. The van der Waals surface area contributed by atoms with Gasteiger partial charge in [-0.25, -0.2) is 4.79 Å². The van der Waals surface area contributed by atoms with Gasteiger partial charge in [-0.05, 0) is 38.5 Å². The van der Waals surface area contributed by atoms with Crippen molar-refractivity contribution in [3.8, 4) is 5.75 Å². The lowest BCUT2D eigenvalue weighted by Gasteiger charge is -2.12. The molecule has 1 rings (SSSR count). The Morgan fingerprint density at radius 1 is 1.47 bits per heavy atom. The van der Waals surface area contributed by atoms with E-state index in [1.807, 2.05) is 13.8 Å². The van der Waals surface area contributed by atoms with E-state index in [2.05, 4.69) is 0 Å². The SMILES string of the molecule is Cc1cc(OC(C)C)cc(Cl)c1C(=O)O. The van der Waals surface area contributed by atoms with Crippen molar-refractivity contribution < 1.29 is 14.6 Å². The van der Waals surface area contributed by atoms with Crippen molar-refractivity contribution >= 4 is 17.6 Å². The number of carboxylic acid groups (broad SMARTS) is 1. The molecule has 1 aromatic carbocycles. The highest BCUT2D eigenvalue weighted by atomic mass is 35.5. The highest BCUT2D eigenvalue weighted by molar-refractivity contribution is 6.33. The average Bonchev–Trinajstić information content (AvgIpc) is 1.99. The predicted octanol–water partition coefficient (Wildman–Crippen LogP) is 3.13. The van der Waals surface area contributed by atoms with E-state index in [9.17, 15) is 4.79 Å². The molecule has 0 atom stereocenters. The summed E-state index contributed by atoms with van der Waals surface area (Å²) in [5.74, 6) is -0.425. The zero-order chi connectivity index (χ0) is 11.6. The number of benzene rings is 1. The Hall–Kier alpha value is -1.22. The lowest BCUT2D eigenvalue weighted by molar-refractivity contribution is 0.0696. The normalized spacial score (nSPS) is 10.5. The molecule has 3 nitrogen and oxygen atoms in total. The Bertz CT molecular complexity index is 362. The van der Waals surface area contributed by atoms with Gasteiger partial charge in [0.1, 0.15) is 5.75 Å². The largest absolute Gasteiger partial charge is 0.491 e. The number of aromatic carboxylic acids is 1. The second-order valence-electron chi connectivity index (χ2n) is 3.57.